The summed E-state index contributed by atoms with van der Waals surface area (Å²) in [5.41, 5.74) is 4.78. The summed E-state index contributed by atoms with van der Waals surface area (Å²) in [6, 6.07) is 20.5. The van der Waals surface area contributed by atoms with Crippen molar-refractivity contribution >= 4 is 58.3 Å². The number of nitrogens with one attached hydrogen (secondary N) is 1. The average molecular weight is 476 g/mol. The highest BCUT2D eigenvalue weighted by molar-refractivity contribution is 7.98. The minimum atomic E-state index is -0.289. The number of nitrogens with zero attached hydrogens (tertiary/aromatic N) is 2. The van der Waals surface area contributed by atoms with Crippen molar-refractivity contribution in [1.29, 1.82) is 0 Å². The molecule has 5 nitrogen and oxygen atoms in total. The standard InChI is InChI=1S/C26H22ClN3O2S/c1-17-24-15-19(28-26(32)23-5-3-4-6-25(23)27)9-7-18(24)8-10-20(16-31)29-30(17)21-11-13-22(33-2)14-12-21/h3-7,9,11-16H,1,8,10H2,2H3,(H,28,32)/b29-20+. The zero-order valence-corrected chi connectivity index (χ0v) is 19.6. The molecule has 0 bridgehead atoms. The molecule has 0 unspecified atom stereocenters. The molecule has 0 saturated carbocycles. The van der Waals surface area contributed by atoms with E-state index in [2.05, 4.69) is 17.0 Å². The number of rotatable bonds is 5. The number of carbonyl (C=O) groups excluding carboxylic acids is 2. The van der Waals surface area contributed by atoms with E-state index in [1.54, 1.807) is 41.0 Å². The van der Waals surface area contributed by atoms with Gasteiger partial charge in [-0.2, -0.15) is 5.10 Å². The maximum Gasteiger partial charge on any atom is 0.257 e. The van der Waals surface area contributed by atoms with E-state index >= 15 is 0 Å². The summed E-state index contributed by atoms with van der Waals surface area (Å²) in [6.45, 7) is 4.28. The van der Waals surface area contributed by atoms with Gasteiger partial charge in [-0.3, -0.25) is 9.59 Å². The van der Waals surface area contributed by atoms with E-state index in [1.807, 2.05) is 48.7 Å². The van der Waals surface area contributed by atoms with Gasteiger partial charge in [0.1, 0.15) is 5.71 Å². The second kappa shape index (κ2) is 10.1. The van der Waals surface area contributed by atoms with Crippen LogP contribution >= 0.6 is 23.4 Å². The van der Waals surface area contributed by atoms with Gasteiger partial charge in [0.05, 0.1) is 22.0 Å². The van der Waals surface area contributed by atoms with Crippen molar-refractivity contribution in [3.05, 3.63) is 95.0 Å². The first-order valence-corrected chi connectivity index (χ1v) is 12.0. The summed E-state index contributed by atoms with van der Waals surface area (Å²) in [7, 11) is 0. The number of benzene rings is 3. The van der Waals surface area contributed by atoms with Crippen molar-refractivity contribution in [3.8, 4) is 0 Å². The molecule has 0 fully saturated rings. The molecule has 0 aromatic heterocycles. The van der Waals surface area contributed by atoms with E-state index in [9.17, 15) is 9.59 Å². The predicted octanol–water partition coefficient (Wildman–Crippen LogP) is 6.29. The first-order valence-electron chi connectivity index (χ1n) is 10.3. The third-order valence-corrected chi connectivity index (χ3v) is 6.46. The molecule has 166 valence electrons. The van der Waals surface area contributed by atoms with Crippen LogP contribution in [0.1, 0.15) is 27.9 Å². The van der Waals surface area contributed by atoms with Gasteiger partial charge in [-0.25, -0.2) is 5.01 Å². The van der Waals surface area contributed by atoms with Crippen molar-refractivity contribution in [3.63, 3.8) is 0 Å². The van der Waals surface area contributed by atoms with Crippen molar-refractivity contribution in [1.82, 2.24) is 0 Å². The van der Waals surface area contributed by atoms with Gasteiger partial charge in [0.2, 0.25) is 0 Å². The number of fused-ring (bicyclic) bond motifs is 1. The van der Waals surface area contributed by atoms with Crippen LogP contribution in [0.2, 0.25) is 5.02 Å². The van der Waals surface area contributed by atoms with Crippen LogP contribution in [0, 0.1) is 0 Å². The van der Waals surface area contributed by atoms with Crippen LogP contribution < -0.4 is 10.3 Å². The molecule has 33 heavy (non-hydrogen) atoms. The average Bonchev–Trinajstić information content (AvgIpc) is 2.84. The van der Waals surface area contributed by atoms with E-state index in [-0.39, 0.29) is 5.91 Å². The van der Waals surface area contributed by atoms with Crippen LogP contribution in [-0.2, 0) is 11.2 Å². The smallest absolute Gasteiger partial charge is 0.257 e. The quantitative estimate of drug-likeness (QED) is 0.348. The lowest BCUT2D eigenvalue weighted by molar-refractivity contribution is -0.102. The summed E-state index contributed by atoms with van der Waals surface area (Å²) in [5, 5.41) is 9.57. The summed E-state index contributed by atoms with van der Waals surface area (Å²) < 4.78 is 0. The van der Waals surface area contributed by atoms with Crippen LogP contribution in [-0.4, -0.2) is 24.2 Å². The second-order valence-corrected chi connectivity index (χ2v) is 8.76. The maximum atomic E-state index is 12.7. The SMILES string of the molecule is C=C1c2cc(NC(=O)c3ccccc3Cl)ccc2CC/C(C=O)=N\N1c1ccc(SC)cc1. The highest BCUT2D eigenvalue weighted by atomic mass is 35.5. The molecule has 1 amide bonds. The molecule has 7 heteroatoms. The molecular formula is C26H22ClN3O2S. The molecule has 3 aromatic rings. The number of aldehydes is 1. The summed E-state index contributed by atoms with van der Waals surface area (Å²) >= 11 is 7.82. The molecule has 1 aliphatic heterocycles. The van der Waals surface area contributed by atoms with Gasteiger partial charge in [-0.15, -0.1) is 11.8 Å². The minimum absolute atomic E-state index is 0.289. The molecule has 0 aliphatic carbocycles. The fourth-order valence-corrected chi connectivity index (χ4v) is 4.25. The zero-order chi connectivity index (χ0) is 23.4. The molecule has 1 aliphatic rings. The predicted molar refractivity (Wildman–Crippen MR) is 137 cm³/mol. The number of anilines is 2. The molecule has 0 saturated heterocycles. The van der Waals surface area contributed by atoms with Crippen LogP contribution in [0.25, 0.3) is 5.70 Å². The molecule has 3 aromatic carbocycles. The number of halogens is 1. The molecule has 0 atom stereocenters. The van der Waals surface area contributed by atoms with Crippen LogP contribution in [0.5, 0.6) is 0 Å². The van der Waals surface area contributed by atoms with Gasteiger partial charge in [0.15, 0.2) is 6.29 Å². The number of aryl methyl sites for hydroxylation is 1. The Balaban J connectivity index is 1.69. The Morgan fingerprint density at radius 3 is 2.58 bits per heavy atom. The second-order valence-electron chi connectivity index (χ2n) is 7.47. The lowest BCUT2D eigenvalue weighted by Crippen LogP contribution is -2.22. The molecule has 4 rings (SSSR count). The van der Waals surface area contributed by atoms with Crippen molar-refractivity contribution in [2.24, 2.45) is 5.10 Å². The third kappa shape index (κ3) is 5.02. The van der Waals surface area contributed by atoms with Crippen molar-refractivity contribution in [2.45, 2.75) is 17.7 Å². The van der Waals surface area contributed by atoms with Crippen molar-refractivity contribution in [2.75, 3.05) is 16.6 Å². The largest absolute Gasteiger partial charge is 0.322 e. The molecule has 1 N–H and O–H groups in total. The van der Waals surface area contributed by atoms with Gasteiger partial charge in [0, 0.05) is 16.1 Å². The minimum Gasteiger partial charge on any atom is -0.322 e. The number of amides is 1. The van der Waals surface area contributed by atoms with E-state index in [0.717, 1.165) is 28.0 Å². The number of hydrogen-bond donors (Lipinski definition) is 1. The Bertz CT molecular complexity index is 1250. The monoisotopic (exact) mass is 475 g/mol. The third-order valence-electron chi connectivity index (χ3n) is 5.38. The molecule has 1 heterocycles. The summed E-state index contributed by atoms with van der Waals surface area (Å²) in [4.78, 5) is 25.5. The summed E-state index contributed by atoms with van der Waals surface area (Å²) in [5.74, 6) is -0.289. The number of hydrogen-bond acceptors (Lipinski definition) is 5. The van der Waals surface area contributed by atoms with Crippen LogP contribution in [0.15, 0.2) is 83.3 Å². The Kier molecular flexibility index (Phi) is 6.96. The van der Waals surface area contributed by atoms with E-state index in [0.29, 0.717) is 40.5 Å². The van der Waals surface area contributed by atoms with Gasteiger partial charge >= 0.3 is 0 Å². The number of carbonyl (C=O) groups is 2. The van der Waals surface area contributed by atoms with Gasteiger partial charge in [-0.1, -0.05) is 36.4 Å². The molecule has 0 spiro atoms. The lowest BCUT2D eigenvalue weighted by Gasteiger charge is -2.26. The maximum absolute atomic E-state index is 12.7. The van der Waals surface area contributed by atoms with Crippen LogP contribution in [0.4, 0.5) is 11.4 Å². The molecular weight excluding hydrogens is 454 g/mol. The summed E-state index contributed by atoms with van der Waals surface area (Å²) in [6.07, 6.45) is 3.96. The Hall–Kier alpha value is -3.35. The highest BCUT2D eigenvalue weighted by Crippen LogP contribution is 2.33. The fourth-order valence-electron chi connectivity index (χ4n) is 3.62. The first kappa shape index (κ1) is 22.8. The Morgan fingerprint density at radius 2 is 1.88 bits per heavy atom. The van der Waals surface area contributed by atoms with Crippen molar-refractivity contribution < 1.29 is 9.59 Å². The normalized spacial score (nSPS) is 15.0. The fraction of sp³-hybridized carbons (Fsp3) is 0.115. The number of thioether (sulfide) groups is 1. The van der Waals surface area contributed by atoms with Crippen LogP contribution in [0.3, 0.4) is 0 Å². The van der Waals surface area contributed by atoms with Gasteiger partial charge < -0.3 is 5.32 Å². The zero-order valence-electron chi connectivity index (χ0n) is 18.0. The Morgan fingerprint density at radius 1 is 1.12 bits per heavy atom. The highest BCUT2D eigenvalue weighted by Gasteiger charge is 2.20. The van der Waals surface area contributed by atoms with E-state index in [4.69, 9.17) is 11.6 Å². The topological polar surface area (TPSA) is 61.8 Å². The Labute approximate surface area is 202 Å². The van der Waals surface area contributed by atoms with E-state index in [1.165, 1.54) is 0 Å². The lowest BCUT2D eigenvalue weighted by atomic mass is 9.97. The van der Waals surface area contributed by atoms with E-state index < -0.39 is 0 Å². The van der Waals surface area contributed by atoms with Gasteiger partial charge in [0.25, 0.3) is 5.91 Å². The first-order chi connectivity index (χ1) is 16.0. The molecule has 0 radical (unpaired) electrons. The number of hydrazone groups is 1. The van der Waals surface area contributed by atoms with Gasteiger partial charge in [-0.05, 0) is 73.2 Å².